The van der Waals surface area contributed by atoms with Crippen molar-refractivity contribution in [2.45, 2.75) is 12.3 Å². The molecule has 2 aromatic rings. The molecule has 2 N–H and O–H groups in total. The van der Waals surface area contributed by atoms with Crippen molar-refractivity contribution in [2.75, 3.05) is 25.0 Å². The number of anilines is 2. The molecule has 0 unspecified atom stereocenters. The van der Waals surface area contributed by atoms with Gasteiger partial charge in [-0.2, -0.15) is 13.2 Å². The van der Waals surface area contributed by atoms with Gasteiger partial charge in [-0.1, -0.05) is 11.6 Å². The molecular formula is C15H14ClF3N4O. The number of alkyl halides is 3. The molecule has 9 heteroatoms. The van der Waals surface area contributed by atoms with E-state index >= 15 is 0 Å². The van der Waals surface area contributed by atoms with Crippen LogP contribution < -0.4 is 10.6 Å². The zero-order chi connectivity index (χ0) is 17.2. The fourth-order valence-electron chi connectivity index (χ4n) is 2.28. The summed E-state index contributed by atoms with van der Waals surface area (Å²) < 4.78 is 43.1. The van der Waals surface area contributed by atoms with Crippen LogP contribution in [-0.4, -0.2) is 29.7 Å². The Morgan fingerprint density at radius 2 is 2.08 bits per heavy atom. The van der Waals surface area contributed by atoms with E-state index in [-0.39, 0.29) is 11.9 Å². The molecule has 0 aromatic carbocycles. The summed E-state index contributed by atoms with van der Waals surface area (Å²) in [6, 6.07) is 3.85. The number of aromatic nitrogens is 2. The van der Waals surface area contributed by atoms with Crippen LogP contribution in [0.1, 0.15) is 17.4 Å². The molecule has 0 radical (unpaired) electrons. The highest BCUT2D eigenvalue weighted by Gasteiger charge is 2.30. The lowest BCUT2D eigenvalue weighted by molar-refractivity contribution is -0.137. The quantitative estimate of drug-likeness (QED) is 0.878. The van der Waals surface area contributed by atoms with Gasteiger partial charge in [0.25, 0.3) is 0 Å². The first-order valence-electron chi connectivity index (χ1n) is 7.21. The molecule has 3 rings (SSSR count). The minimum absolute atomic E-state index is 0.218. The highest BCUT2D eigenvalue weighted by molar-refractivity contribution is 6.31. The van der Waals surface area contributed by atoms with E-state index in [4.69, 9.17) is 16.3 Å². The number of hydrogen-bond acceptors (Lipinski definition) is 5. The SMILES string of the molecule is FC(F)(F)c1ccc(Nc2cnc([C@H]3CNCCO3)c(Cl)c2)nc1. The van der Waals surface area contributed by atoms with Gasteiger partial charge < -0.3 is 15.4 Å². The summed E-state index contributed by atoms with van der Waals surface area (Å²) in [6.07, 6.45) is -2.32. The van der Waals surface area contributed by atoms with E-state index in [0.717, 1.165) is 18.8 Å². The van der Waals surface area contributed by atoms with Gasteiger partial charge in [-0.05, 0) is 18.2 Å². The van der Waals surface area contributed by atoms with Crippen LogP contribution in [0.4, 0.5) is 24.7 Å². The van der Waals surface area contributed by atoms with Crippen LogP contribution in [0.3, 0.4) is 0 Å². The van der Waals surface area contributed by atoms with Gasteiger partial charge in [-0.3, -0.25) is 4.98 Å². The fraction of sp³-hybridized carbons (Fsp3) is 0.333. The Bertz CT molecular complexity index is 703. The monoisotopic (exact) mass is 358 g/mol. The highest BCUT2D eigenvalue weighted by atomic mass is 35.5. The summed E-state index contributed by atoms with van der Waals surface area (Å²) in [5.41, 5.74) is 0.344. The summed E-state index contributed by atoms with van der Waals surface area (Å²) in [5, 5.41) is 6.48. The Morgan fingerprint density at radius 3 is 2.67 bits per heavy atom. The first-order chi connectivity index (χ1) is 11.4. The Balaban J connectivity index is 1.72. The largest absolute Gasteiger partial charge is 0.417 e. The van der Waals surface area contributed by atoms with E-state index in [1.165, 1.54) is 6.07 Å². The number of hydrogen-bond donors (Lipinski definition) is 2. The summed E-state index contributed by atoms with van der Waals surface area (Å²) in [6.45, 7) is 1.99. The van der Waals surface area contributed by atoms with Gasteiger partial charge in [0.05, 0.1) is 34.8 Å². The Kier molecular flexibility index (Phi) is 4.88. The van der Waals surface area contributed by atoms with E-state index in [1.807, 2.05) is 0 Å². The Hall–Kier alpha value is -1.90. The number of halogens is 4. The van der Waals surface area contributed by atoms with E-state index in [0.29, 0.717) is 29.6 Å². The van der Waals surface area contributed by atoms with Crippen molar-refractivity contribution in [1.82, 2.24) is 15.3 Å². The van der Waals surface area contributed by atoms with E-state index in [9.17, 15) is 13.2 Å². The number of morpholine rings is 1. The van der Waals surface area contributed by atoms with Crippen molar-refractivity contribution >= 4 is 23.1 Å². The molecule has 1 aliphatic rings. The molecule has 3 heterocycles. The van der Waals surface area contributed by atoms with Crippen LogP contribution in [0.2, 0.25) is 5.02 Å². The number of pyridine rings is 2. The summed E-state index contributed by atoms with van der Waals surface area (Å²) >= 11 is 6.23. The number of nitrogens with one attached hydrogen (secondary N) is 2. The standard InChI is InChI=1S/C15H14ClF3N4O/c16-11-5-10(7-22-14(11)12-8-20-3-4-24-12)23-13-2-1-9(6-21-13)15(17,18)19/h1-2,5-7,12,20H,3-4,8H2,(H,21,23)/t12-/m1/s1. The lowest BCUT2D eigenvalue weighted by Gasteiger charge is -2.24. The second kappa shape index (κ2) is 6.92. The van der Waals surface area contributed by atoms with Crippen molar-refractivity contribution in [3.05, 3.63) is 46.9 Å². The molecular weight excluding hydrogens is 345 g/mol. The van der Waals surface area contributed by atoms with Crippen molar-refractivity contribution in [1.29, 1.82) is 0 Å². The van der Waals surface area contributed by atoms with Gasteiger partial charge >= 0.3 is 6.18 Å². The summed E-state index contributed by atoms with van der Waals surface area (Å²) in [5.74, 6) is 0.268. The number of ether oxygens (including phenoxy) is 1. The Labute approximate surface area is 141 Å². The van der Waals surface area contributed by atoms with Crippen molar-refractivity contribution in [2.24, 2.45) is 0 Å². The fourth-order valence-corrected chi connectivity index (χ4v) is 2.57. The van der Waals surface area contributed by atoms with Gasteiger partial charge in [0.15, 0.2) is 0 Å². The third-order valence-electron chi connectivity index (χ3n) is 3.47. The molecule has 1 fully saturated rings. The molecule has 128 valence electrons. The zero-order valence-corrected chi connectivity index (χ0v) is 13.2. The molecule has 24 heavy (non-hydrogen) atoms. The van der Waals surface area contributed by atoms with E-state index < -0.39 is 11.7 Å². The van der Waals surface area contributed by atoms with Gasteiger partial charge in [0, 0.05) is 19.3 Å². The van der Waals surface area contributed by atoms with Crippen molar-refractivity contribution in [3.8, 4) is 0 Å². The van der Waals surface area contributed by atoms with Crippen molar-refractivity contribution < 1.29 is 17.9 Å². The average Bonchev–Trinajstić information content (AvgIpc) is 2.55. The zero-order valence-electron chi connectivity index (χ0n) is 12.4. The van der Waals surface area contributed by atoms with Gasteiger partial charge in [0.1, 0.15) is 11.9 Å². The summed E-state index contributed by atoms with van der Waals surface area (Å²) in [4.78, 5) is 8.03. The minimum Gasteiger partial charge on any atom is -0.369 e. The van der Waals surface area contributed by atoms with Crippen LogP contribution in [0.25, 0.3) is 0 Å². The average molecular weight is 359 g/mol. The normalized spacial score (nSPS) is 18.4. The molecule has 1 aliphatic heterocycles. The molecule has 1 saturated heterocycles. The second-order valence-corrected chi connectivity index (χ2v) is 5.62. The van der Waals surface area contributed by atoms with Gasteiger partial charge in [-0.15, -0.1) is 0 Å². The smallest absolute Gasteiger partial charge is 0.369 e. The first kappa shape index (κ1) is 16.9. The molecule has 2 aromatic heterocycles. The highest BCUT2D eigenvalue weighted by Crippen LogP contribution is 2.30. The van der Waals surface area contributed by atoms with Crippen LogP contribution in [0, 0.1) is 0 Å². The van der Waals surface area contributed by atoms with Crippen LogP contribution in [0.15, 0.2) is 30.6 Å². The van der Waals surface area contributed by atoms with Crippen LogP contribution >= 0.6 is 11.6 Å². The third kappa shape index (κ3) is 3.95. The molecule has 0 bridgehead atoms. The molecule has 0 spiro atoms. The van der Waals surface area contributed by atoms with Crippen LogP contribution in [-0.2, 0) is 10.9 Å². The lowest BCUT2D eigenvalue weighted by atomic mass is 10.2. The lowest BCUT2D eigenvalue weighted by Crippen LogP contribution is -2.33. The maximum Gasteiger partial charge on any atom is 0.417 e. The molecule has 0 amide bonds. The van der Waals surface area contributed by atoms with Gasteiger partial charge in [0.2, 0.25) is 0 Å². The Morgan fingerprint density at radius 1 is 1.25 bits per heavy atom. The van der Waals surface area contributed by atoms with E-state index in [1.54, 1.807) is 12.3 Å². The van der Waals surface area contributed by atoms with Gasteiger partial charge in [-0.25, -0.2) is 4.98 Å². The maximum atomic E-state index is 12.5. The third-order valence-corrected chi connectivity index (χ3v) is 3.77. The number of nitrogens with zero attached hydrogens (tertiary/aromatic N) is 2. The summed E-state index contributed by atoms with van der Waals surface area (Å²) in [7, 11) is 0. The van der Waals surface area contributed by atoms with Crippen molar-refractivity contribution in [3.63, 3.8) is 0 Å². The maximum absolute atomic E-state index is 12.5. The predicted octanol–water partition coefficient (Wildman–Crippen LogP) is 3.55. The second-order valence-electron chi connectivity index (χ2n) is 5.21. The first-order valence-corrected chi connectivity index (χ1v) is 7.59. The van der Waals surface area contributed by atoms with E-state index in [2.05, 4.69) is 20.6 Å². The molecule has 5 nitrogen and oxygen atoms in total. The molecule has 1 atom stereocenters. The predicted molar refractivity (Wildman–Crippen MR) is 83.3 cm³/mol. The number of rotatable bonds is 3. The van der Waals surface area contributed by atoms with Crippen LogP contribution in [0.5, 0.6) is 0 Å². The minimum atomic E-state index is -4.41. The topological polar surface area (TPSA) is 59.1 Å². The molecule has 0 saturated carbocycles. The molecule has 0 aliphatic carbocycles.